The zero-order valence-corrected chi connectivity index (χ0v) is 14.2. The second kappa shape index (κ2) is 9.50. The molecule has 2 rings (SSSR count). The van der Waals surface area contributed by atoms with Crippen LogP contribution in [0.3, 0.4) is 0 Å². The Labute approximate surface area is 143 Å². The van der Waals surface area contributed by atoms with Crippen molar-refractivity contribution in [3.05, 3.63) is 65.7 Å². The molecule has 1 N–H and O–H groups in total. The van der Waals surface area contributed by atoms with Crippen molar-refractivity contribution >= 4 is 12.1 Å². The molecule has 0 radical (unpaired) electrons. The summed E-state index contributed by atoms with van der Waals surface area (Å²) in [5.41, 5.74) is 4.97. The quantitative estimate of drug-likeness (QED) is 0.591. The predicted octanol–water partition coefficient (Wildman–Crippen LogP) is 3.92. The number of carbonyl (C=O) groups excluding carboxylic acids is 1. The molecule has 24 heavy (non-hydrogen) atoms. The minimum Gasteiger partial charge on any atom is -0.484 e. The first-order chi connectivity index (χ1) is 11.6. The van der Waals surface area contributed by atoms with E-state index < -0.39 is 0 Å². The molecule has 0 aliphatic carbocycles. The summed E-state index contributed by atoms with van der Waals surface area (Å²) in [5.74, 6) is 0.897. The molecule has 4 heteroatoms. The minimum atomic E-state index is -0.265. The summed E-state index contributed by atoms with van der Waals surface area (Å²) in [7, 11) is 0. The molecule has 2 aromatic carbocycles. The summed E-state index contributed by atoms with van der Waals surface area (Å²) < 4.78 is 5.44. The highest BCUT2D eigenvalue weighted by atomic mass is 16.5. The van der Waals surface area contributed by atoms with Crippen LogP contribution in [-0.2, 0) is 11.2 Å². The molecule has 0 fully saturated rings. The van der Waals surface area contributed by atoms with Crippen LogP contribution >= 0.6 is 0 Å². The number of carbonyl (C=O) groups is 1. The van der Waals surface area contributed by atoms with Crippen LogP contribution in [0.15, 0.2) is 59.7 Å². The van der Waals surface area contributed by atoms with Gasteiger partial charge in [-0.25, -0.2) is 5.43 Å². The largest absolute Gasteiger partial charge is 0.484 e. The Balaban J connectivity index is 1.65. The van der Waals surface area contributed by atoms with E-state index in [4.69, 9.17) is 4.74 Å². The predicted molar refractivity (Wildman–Crippen MR) is 97.4 cm³/mol. The number of aryl methyl sites for hydroxylation is 1. The monoisotopic (exact) mass is 324 g/mol. The van der Waals surface area contributed by atoms with Crippen LogP contribution in [0.25, 0.3) is 0 Å². The van der Waals surface area contributed by atoms with E-state index in [0.717, 1.165) is 12.8 Å². The number of nitrogens with zero attached hydrogens (tertiary/aromatic N) is 1. The lowest BCUT2D eigenvalue weighted by atomic mass is 10.0. The van der Waals surface area contributed by atoms with Crippen LogP contribution in [0.1, 0.15) is 37.3 Å². The van der Waals surface area contributed by atoms with Gasteiger partial charge in [-0.3, -0.25) is 4.79 Å². The van der Waals surface area contributed by atoms with Crippen LogP contribution in [0.2, 0.25) is 0 Å². The number of rotatable bonds is 8. The molecule has 0 aliphatic heterocycles. The molecule has 2 aromatic rings. The van der Waals surface area contributed by atoms with Gasteiger partial charge in [-0.15, -0.1) is 0 Å². The smallest absolute Gasteiger partial charge is 0.277 e. The first-order valence-corrected chi connectivity index (χ1v) is 8.22. The average molecular weight is 324 g/mol. The Hall–Kier alpha value is -2.62. The summed E-state index contributed by atoms with van der Waals surface area (Å²) in [4.78, 5) is 11.7. The van der Waals surface area contributed by atoms with Crippen molar-refractivity contribution in [1.29, 1.82) is 0 Å². The van der Waals surface area contributed by atoms with Gasteiger partial charge in [0.2, 0.25) is 0 Å². The molecule has 0 atom stereocenters. The lowest BCUT2D eigenvalue weighted by molar-refractivity contribution is -0.123. The van der Waals surface area contributed by atoms with Crippen LogP contribution < -0.4 is 10.2 Å². The first-order valence-electron chi connectivity index (χ1n) is 8.22. The van der Waals surface area contributed by atoms with Crippen molar-refractivity contribution in [1.82, 2.24) is 5.43 Å². The number of amides is 1. The first kappa shape index (κ1) is 17.7. The second-order valence-corrected chi connectivity index (χ2v) is 5.88. The van der Waals surface area contributed by atoms with Crippen LogP contribution in [0.5, 0.6) is 5.75 Å². The molecular formula is C20H24N2O2. The highest BCUT2D eigenvalue weighted by Crippen LogP contribution is 2.18. The Morgan fingerprint density at radius 1 is 1.12 bits per heavy atom. The zero-order chi connectivity index (χ0) is 17.2. The Kier molecular flexibility index (Phi) is 7.02. The highest BCUT2D eigenvalue weighted by molar-refractivity contribution is 5.78. The van der Waals surface area contributed by atoms with E-state index in [1.807, 2.05) is 42.5 Å². The number of ether oxygens (including phenoxy) is 1. The summed E-state index contributed by atoms with van der Waals surface area (Å²) in [6, 6.07) is 18.0. The van der Waals surface area contributed by atoms with Gasteiger partial charge in [-0.05, 0) is 42.0 Å². The van der Waals surface area contributed by atoms with Crippen LogP contribution in [-0.4, -0.2) is 18.7 Å². The van der Waals surface area contributed by atoms with Gasteiger partial charge in [0.1, 0.15) is 5.75 Å². The number of hydrogen-bond donors (Lipinski definition) is 1. The topological polar surface area (TPSA) is 50.7 Å². The van der Waals surface area contributed by atoms with Gasteiger partial charge < -0.3 is 4.74 Å². The molecule has 4 nitrogen and oxygen atoms in total. The fourth-order valence-corrected chi connectivity index (χ4v) is 2.19. The SMILES string of the molecule is CC(C)c1ccc(OCC(=O)NN=CCCc2ccccc2)cc1. The number of hydrogen-bond acceptors (Lipinski definition) is 3. The van der Waals surface area contributed by atoms with Gasteiger partial charge in [-0.2, -0.15) is 5.10 Å². The van der Waals surface area contributed by atoms with Crippen molar-refractivity contribution in [3.63, 3.8) is 0 Å². The van der Waals surface area contributed by atoms with Crippen molar-refractivity contribution in [2.45, 2.75) is 32.6 Å². The van der Waals surface area contributed by atoms with Crippen molar-refractivity contribution in [2.24, 2.45) is 5.10 Å². The van der Waals surface area contributed by atoms with Crippen molar-refractivity contribution < 1.29 is 9.53 Å². The summed E-state index contributed by atoms with van der Waals surface area (Å²) in [6.45, 7) is 4.23. The van der Waals surface area contributed by atoms with Crippen molar-refractivity contribution in [2.75, 3.05) is 6.61 Å². The van der Waals surface area contributed by atoms with E-state index >= 15 is 0 Å². The zero-order valence-electron chi connectivity index (χ0n) is 14.2. The summed E-state index contributed by atoms with van der Waals surface area (Å²) in [5, 5.41) is 3.93. The molecule has 0 aromatic heterocycles. The maximum Gasteiger partial charge on any atom is 0.277 e. The van der Waals surface area contributed by atoms with Gasteiger partial charge >= 0.3 is 0 Å². The molecule has 0 saturated heterocycles. The fourth-order valence-electron chi connectivity index (χ4n) is 2.19. The third-order valence-corrected chi connectivity index (χ3v) is 3.60. The molecule has 0 aliphatic rings. The number of benzene rings is 2. The molecule has 0 unspecified atom stereocenters. The maximum atomic E-state index is 11.7. The lowest BCUT2D eigenvalue weighted by Crippen LogP contribution is -2.24. The van der Waals surface area contributed by atoms with E-state index in [1.165, 1.54) is 11.1 Å². The Bertz CT molecular complexity index is 649. The van der Waals surface area contributed by atoms with E-state index in [2.05, 4.69) is 36.5 Å². The number of nitrogens with one attached hydrogen (secondary N) is 1. The summed E-state index contributed by atoms with van der Waals surface area (Å²) >= 11 is 0. The Morgan fingerprint density at radius 3 is 2.50 bits per heavy atom. The Morgan fingerprint density at radius 2 is 1.83 bits per heavy atom. The molecule has 1 amide bonds. The standard InChI is InChI=1S/C20H24N2O2/c1-16(2)18-10-12-19(13-11-18)24-15-20(23)22-21-14-6-9-17-7-4-3-5-8-17/h3-5,7-8,10-14,16H,6,9,15H2,1-2H3,(H,22,23). The van der Waals surface area contributed by atoms with Gasteiger partial charge in [0.25, 0.3) is 5.91 Å². The average Bonchev–Trinajstić information content (AvgIpc) is 2.61. The van der Waals surface area contributed by atoms with Crippen LogP contribution in [0, 0.1) is 0 Å². The molecule has 0 heterocycles. The van der Waals surface area contributed by atoms with E-state index in [0.29, 0.717) is 11.7 Å². The van der Waals surface area contributed by atoms with Gasteiger partial charge in [-0.1, -0.05) is 56.3 Å². The fraction of sp³-hybridized carbons (Fsp3) is 0.300. The third kappa shape index (κ3) is 6.24. The molecule has 0 spiro atoms. The van der Waals surface area contributed by atoms with E-state index in [-0.39, 0.29) is 12.5 Å². The molecule has 0 bridgehead atoms. The van der Waals surface area contributed by atoms with Gasteiger partial charge in [0.05, 0.1) is 0 Å². The molecule has 0 saturated carbocycles. The lowest BCUT2D eigenvalue weighted by Gasteiger charge is -2.08. The van der Waals surface area contributed by atoms with Crippen molar-refractivity contribution in [3.8, 4) is 5.75 Å². The van der Waals surface area contributed by atoms with Crippen LogP contribution in [0.4, 0.5) is 0 Å². The molecule has 126 valence electrons. The van der Waals surface area contributed by atoms with E-state index in [9.17, 15) is 4.79 Å². The van der Waals surface area contributed by atoms with Gasteiger partial charge in [0.15, 0.2) is 6.61 Å². The summed E-state index contributed by atoms with van der Waals surface area (Å²) in [6.07, 6.45) is 3.39. The third-order valence-electron chi connectivity index (χ3n) is 3.60. The molecular weight excluding hydrogens is 300 g/mol. The minimum absolute atomic E-state index is 0.0446. The normalized spacial score (nSPS) is 11.0. The second-order valence-electron chi connectivity index (χ2n) is 5.88. The number of hydrazone groups is 1. The highest BCUT2D eigenvalue weighted by Gasteiger charge is 2.03. The van der Waals surface area contributed by atoms with Gasteiger partial charge in [0, 0.05) is 6.21 Å². The van der Waals surface area contributed by atoms with E-state index in [1.54, 1.807) is 6.21 Å². The maximum absolute atomic E-state index is 11.7.